The number of pyridine rings is 1. The smallest absolute Gasteiger partial charge is 0.274 e. The highest BCUT2D eigenvalue weighted by atomic mass is 19.1. The molecule has 3 aromatic carbocycles. The van der Waals surface area contributed by atoms with E-state index in [0.717, 1.165) is 18.7 Å². The molecule has 1 aliphatic rings. The molecule has 40 heavy (non-hydrogen) atoms. The molecule has 8 nitrogen and oxygen atoms in total. The third-order valence-corrected chi connectivity index (χ3v) is 6.61. The molecule has 0 unspecified atom stereocenters. The molecule has 0 bridgehead atoms. The summed E-state index contributed by atoms with van der Waals surface area (Å²) in [5, 5.41) is 2.81. The van der Waals surface area contributed by atoms with Gasteiger partial charge in [-0.25, -0.2) is 4.39 Å². The van der Waals surface area contributed by atoms with Crippen LogP contribution in [0.5, 0.6) is 17.2 Å². The number of nitrogens with zero attached hydrogens (tertiary/aromatic N) is 3. The van der Waals surface area contributed by atoms with Crippen LogP contribution in [0.25, 0.3) is 0 Å². The average molecular weight is 541 g/mol. The fourth-order valence-corrected chi connectivity index (χ4v) is 4.40. The molecule has 0 radical (unpaired) electrons. The number of benzene rings is 3. The zero-order chi connectivity index (χ0) is 27.9. The number of anilines is 1. The van der Waals surface area contributed by atoms with Crippen LogP contribution in [0.4, 0.5) is 10.1 Å². The predicted molar refractivity (Wildman–Crippen MR) is 149 cm³/mol. The van der Waals surface area contributed by atoms with E-state index < -0.39 is 0 Å². The molecule has 1 saturated heterocycles. The minimum Gasteiger partial charge on any atom is -0.497 e. The summed E-state index contributed by atoms with van der Waals surface area (Å²) >= 11 is 0. The molecule has 0 atom stereocenters. The first-order valence-corrected chi connectivity index (χ1v) is 12.9. The number of carbonyl (C=O) groups excluding carboxylic acids is 2. The molecule has 1 fully saturated rings. The van der Waals surface area contributed by atoms with Gasteiger partial charge in [0.1, 0.15) is 28.8 Å². The summed E-state index contributed by atoms with van der Waals surface area (Å²) in [4.78, 5) is 33.9. The summed E-state index contributed by atoms with van der Waals surface area (Å²) in [5.41, 5.74) is 2.26. The first-order chi connectivity index (χ1) is 19.5. The Morgan fingerprint density at radius 2 is 1.60 bits per heavy atom. The number of methoxy groups -OCH3 is 1. The average Bonchev–Trinajstić information content (AvgIpc) is 2.99. The van der Waals surface area contributed by atoms with Gasteiger partial charge in [0.05, 0.1) is 12.7 Å². The Morgan fingerprint density at radius 3 is 2.27 bits per heavy atom. The monoisotopic (exact) mass is 540 g/mol. The minimum atomic E-state index is -0.380. The molecule has 5 rings (SSSR count). The predicted octanol–water partition coefficient (Wildman–Crippen LogP) is 5.23. The van der Waals surface area contributed by atoms with Gasteiger partial charge in [-0.2, -0.15) is 0 Å². The van der Waals surface area contributed by atoms with Crippen LogP contribution in [0.2, 0.25) is 0 Å². The van der Waals surface area contributed by atoms with Crippen molar-refractivity contribution in [2.24, 2.45) is 0 Å². The largest absolute Gasteiger partial charge is 0.497 e. The number of rotatable bonds is 8. The molecule has 1 aromatic heterocycles. The lowest BCUT2D eigenvalue weighted by molar-refractivity contribution is 0.0627. The zero-order valence-corrected chi connectivity index (χ0v) is 22.0. The molecule has 0 spiro atoms. The molecular weight excluding hydrogens is 511 g/mol. The van der Waals surface area contributed by atoms with Gasteiger partial charge in [0.25, 0.3) is 11.8 Å². The summed E-state index contributed by atoms with van der Waals surface area (Å²) in [6.45, 7) is 3.33. The molecule has 2 amide bonds. The molecule has 2 heterocycles. The van der Waals surface area contributed by atoms with Gasteiger partial charge in [-0.3, -0.25) is 19.5 Å². The van der Waals surface area contributed by atoms with Crippen molar-refractivity contribution in [3.05, 3.63) is 114 Å². The van der Waals surface area contributed by atoms with Gasteiger partial charge in [0.15, 0.2) is 0 Å². The van der Waals surface area contributed by atoms with Crippen molar-refractivity contribution >= 4 is 17.5 Å². The SMILES string of the molecule is COc1cccc(Oc2ccc(NC(=O)c3ccc(C(=O)N4CCN(Cc5ccc(F)cc5)CC4)cn3)cc2)c1. The Kier molecular flexibility index (Phi) is 8.32. The molecular formula is C31H29FN4O4. The number of hydrogen-bond donors (Lipinski definition) is 1. The van der Waals surface area contributed by atoms with Crippen molar-refractivity contribution in [3.63, 3.8) is 0 Å². The first kappa shape index (κ1) is 26.8. The lowest BCUT2D eigenvalue weighted by Crippen LogP contribution is -2.48. The highest BCUT2D eigenvalue weighted by Crippen LogP contribution is 2.26. The van der Waals surface area contributed by atoms with Crippen LogP contribution in [-0.2, 0) is 6.54 Å². The van der Waals surface area contributed by atoms with Gasteiger partial charge in [0, 0.05) is 50.7 Å². The zero-order valence-electron chi connectivity index (χ0n) is 22.0. The van der Waals surface area contributed by atoms with Gasteiger partial charge in [0.2, 0.25) is 0 Å². The van der Waals surface area contributed by atoms with E-state index in [0.29, 0.717) is 48.1 Å². The Hall–Kier alpha value is -4.76. The summed E-state index contributed by atoms with van der Waals surface area (Å²) in [5.74, 6) is 1.21. The van der Waals surface area contributed by atoms with Crippen LogP contribution in [0, 0.1) is 5.82 Å². The van der Waals surface area contributed by atoms with Gasteiger partial charge in [-0.1, -0.05) is 18.2 Å². The maximum absolute atomic E-state index is 13.1. The lowest BCUT2D eigenvalue weighted by atomic mass is 10.1. The van der Waals surface area contributed by atoms with E-state index in [4.69, 9.17) is 9.47 Å². The van der Waals surface area contributed by atoms with Crippen LogP contribution >= 0.6 is 0 Å². The number of halogens is 1. The van der Waals surface area contributed by atoms with E-state index in [2.05, 4.69) is 15.2 Å². The fourth-order valence-electron chi connectivity index (χ4n) is 4.40. The van der Waals surface area contributed by atoms with Crippen molar-refractivity contribution in [1.29, 1.82) is 0 Å². The van der Waals surface area contributed by atoms with Crippen molar-refractivity contribution in [2.75, 3.05) is 38.6 Å². The number of piperazine rings is 1. The van der Waals surface area contributed by atoms with Crippen LogP contribution in [0.3, 0.4) is 0 Å². The van der Waals surface area contributed by atoms with E-state index in [1.165, 1.54) is 18.3 Å². The number of carbonyl (C=O) groups is 2. The highest BCUT2D eigenvalue weighted by Gasteiger charge is 2.23. The second kappa shape index (κ2) is 12.4. The summed E-state index contributed by atoms with van der Waals surface area (Å²) in [6, 6.07) is 23.9. The van der Waals surface area contributed by atoms with Crippen LogP contribution < -0.4 is 14.8 Å². The van der Waals surface area contributed by atoms with Gasteiger partial charge in [-0.15, -0.1) is 0 Å². The van der Waals surface area contributed by atoms with Gasteiger partial charge < -0.3 is 19.7 Å². The van der Waals surface area contributed by atoms with Crippen molar-refractivity contribution in [2.45, 2.75) is 6.54 Å². The van der Waals surface area contributed by atoms with Crippen molar-refractivity contribution < 1.29 is 23.5 Å². The second-order valence-corrected chi connectivity index (χ2v) is 9.39. The number of ether oxygens (including phenoxy) is 2. The Balaban J connectivity index is 1.11. The number of aromatic nitrogens is 1. The van der Waals surface area contributed by atoms with Crippen molar-refractivity contribution in [1.82, 2.24) is 14.8 Å². The van der Waals surface area contributed by atoms with Gasteiger partial charge in [-0.05, 0) is 66.2 Å². The summed E-state index contributed by atoms with van der Waals surface area (Å²) in [7, 11) is 1.60. The number of hydrogen-bond acceptors (Lipinski definition) is 6. The molecule has 1 aliphatic heterocycles. The summed E-state index contributed by atoms with van der Waals surface area (Å²) < 4.78 is 24.2. The Morgan fingerprint density at radius 1 is 0.875 bits per heavy atom. The maximum atomic E-state index is 13.1. The Bertz CT molecular complexity index is 1450. The van der Waals surface area contributed by atoms with Crippen LogP contribution in [0.15, 0.2) is 91.1 Å². The van der Waals surface area contributed by atoms with E-state index in [1.54, 1.807) is 66.6 Å². The standard InChI is InChI=1S/C31H29FN4O4/c1-39-27-3-2-4-28(19-27)40-26-12-10-25(11-13-26)34-30(37)29-14-7-23(20-33-29)31(38)36-17-15-35(16-18-36)21-22-5-8-24(32)9-6-22/h2-14,19-20H,15-18,21H2,1H3,(H,34,37). The molecule has 4 aromatic rings. The quantitative estimate of drug-likeness (QED) is 0.330. The van der Waals surface area contributed by atoms with Crippen molar-refractivity contribution in [3.8, 4) is 17.2 Å². The number of nitrogens with one attached hydrogen (secondary N) is 1. The lowest BCUT2D eigenvalue weighted by Gasteiger charge is -2.34. The summed E-state index contributed by atoms with van der Waals surface area (Å²) in [6.07, 6.45) is 1.44. The van der Waals surface area contributed by atoms with E-state index in [1.807, 2.05) is 18.2 Å². The van der Waals surface area contributed by atoms with Gasteiger partial charge >= 0.3 is 0 Å². The topological polar surface area (TPSA) is 84.0 Å². The molecule has 9 heteroatoms. The fraction of sp³-hybridized carbons (Fsp3) is 0.194. The molecule has 204 valence electrons. The molecule has 0 aliphatic carbocycles. The third-order valence-electron chi connectivity index (χ3n) is 6.61. The minimum absolute atomic E-state index is 0.118. The molecule has 0 saturated carbocycles. The highest BCUT2D eigenvalue weighted by molar-refractivity contribution is 6.03. The van der Waals surface area contributed by atoms with Crippen LogP contribution in [0.1, 0.15) is 26.4 Å². The van der Waals surface area contributed by atoms with E-state index >= 15 is 0 Å². The molecule has 1 N–H and O–H groups in total. The second-order valence-electron chi connectivity index (χ2n) is 9.39. The normalized spacial score (nSPS) is 13.5. The Labute approximate surface area is 232 Å². The first-order valence-electron chi connectivity index (χ1n) is 12.9. The van der Waals surface area contributed by atoms with E-state index in [9.17, 15) is 14.0 Å². The van der Waals surface area contributed by atoms with Crippen LogP contribution in [-0.4, -0.2) is 59.9 Å². The third kappa shape index (κ3) is 6.81. The maximum Gasteiger partial charge on any atom is 0.274 e. The number of amides is 2. The van der Waals surface area contributed by atoms with E-state index in [-0.39, 0.29) is 23.3 Å².